The molecule has 0 saturated carbocycles. The van der Waals surface area contributed by atoms with Gasteiger partial charge in [0.2, 0.25) is 0 Å². The molecule has 0 fully saturated rings. The second kappa shape index (κ2) is 4.96. The average Bonchev–Trinajstić information content (AvgIpc) is 2.95. The largest absolute Gasteiger partial charge is 0.458 e. The van der Waals surface area contributed by atoms with Crippen LogP contribution in [0.3, 0.4) is 0 Å². The van der Waals surface area contributed by atoms with Crippen LogP contribution < -0.4 is 0 Å². The Morgan fingerprint density at radius 3 is 2.80 bits per heavy atom. The number of nitrogens with zero attached hydrogens (tertiary/aromatic N) is 2. The van der Waals surface area contributed by atoms with Crippen LogP contribution in [0.1, 0.15) is 23.3 Å². The Hall–Kier alpha value is -1.78. The van der Waals surface area contributed by atoms with Crippen molar-refractivity contribution in [3.8, 4) is 0 Å². The lowest BCUT2D eigenvalue weighted by molar-refractivity contribution is 0.150. The van der Waals surface area contributed by atoms with Gasteiger partial charge in [-0.2, -0.15) is 5.10 Å². The summed E-state index contributed by atoms with van der Waals surface area (Å²) < 4.78 is 7.36. The van der Waals surface area contributed by atoms with E-state index in [4.69, 9.17) is 16.0 Å². The Bertz CT molecular complexity index is 727. The average molecular weight is 291 g/mol. The number of aliphatic hydroxyl groups is 1. The number of hydrogen-bond donors (Lipinski definition) is 1. The Morgan fingerprint density at radius 1 is 1.40 bits per heavy atom. The van der Waals surface area contributed by atoms with Crippen molar-refractivity contribution in [2.75, 3.05) is 0 Å². The fourth-order valence-corrected chi connectivity index (χ4v) is 2.59. The molecule has 5 heteroatoms. The van der Waals surface area contributed by atoms with E-state index in [0.29, 0.717) is 17.2 Å². The van der Waals surface area contributed by atoms with Gasteiger partial charge in [0.25, 0.3) is 0 Å². The van der Waals surface area contributed by atoms with Gasteiger partial charge in [0.15, 0.2) is 0 Å². The van der Waals surface area contributed by atoms with Gasteiger partial charge < -0.3 is 9.52 Å². The molecular formula is C15H15ClN2O2. The van der Waals surface area contributed by atoms with Gasteiger partial charge in [-0.15, -0.1) is 0 Å². The number of aliphatic hydroxyl groups excluding tert-OH is 1. The van der Waals surface area contributed by atoms with Gasteiger partial charge in [-0.05, 0) is 19.1 Å². The van der Waals surface area contributed by atoms with Gasteiger partial charge in [-0.1, -0.05) is 29.8 Å². The molecule has 0 bridgehead atoms. The van der Waals surface area contributed by atoms with E-state index in [2.05, 4.69) is 5.10 Å². The number of halogens is 1. The van der Waals surface area contributed by atoms with Gasteiger partial charge in [0.1, 0.15) is 17.4 Å². The summed E-state index contributed by atoms with van der Waals surface area (Å²) in [6, 6.07) is 9.54. The maximum atomic E-state index is 10.3. The van der Waals surface area contributed by atoms with Crippen LogP contribution in [0.15, 0.2) is 34.7 Å². The monoisotopic (exact) mass is 290 g/mol. The quantitative estimate of drug-likeness (QED) is 0.804. The van der Waals surface area contributed by atoms with Crippen molar-refractivity contribution in [3.05, 3.63) is 52.5 Å². The lowest BCUT2D eigenvalue weighted by Crippen LogP contribution is -2.06. The van der Waals surface area contributed by atoms with E-state index >= 15 is 0 Å². The lowest BCUT2D eigenvalue weighted by atomic mass is 10.1. The van der Waals surface area contributed by atoms with Crippen molar-refractivity contribution in [2.45, 2.75) is 19.4 Å². The van der Waals surface area contributed by atoms with Crippen molar-refractivity contribution in [1.82, 2.24) is 9.78 Å². The first kappa shape index (κ1) is 13.2. The topological polar surface area (TPSA) is 51.2 Å². The summed E-state index contributed by atoms with van der Waals surface area (Å²) in [5, 5.41) is 16.2. The van der Waals surface area contributed by atoms with E-state index in [1.54, 1.807) is 4.68 Å². The van der Waals surface area contributed by atoms with Crippen molar-refractivity contribution < 1.29 is 9.52 Å². The highest BCUT2D eigenvalue weighted by Gasteiger charge is 2.19. The summed E-state index contributed by atoms with van der Waals surface area (Å²) >= 11 is 6.20. The fourth-order valence-electron chi connectivity index (χ4n) is 2.35. The highest BCUT2D eigenvalue weighted by molar-refractivity contribution is 6.31. The van der Waals surface area contributed by atoms with E-state index in [1.807, 2.05) is 44.3 Å². The zero-order valence-electron chi connectivity index (χ0n) is 11.3. The molecule has 1 N–H and O–H groups in total. The third-order valence-electron chi connectivity index (χ3n) is 3.42. The molecule has 104 valence electrons. The normalized spacial score (nSPS) is 13.0. The molecule has 2 aromatic heterocycles. The summed E-state index contributed by atoms with van der Waals surface area (Å²) in [7, 11) is 1.82. The number of hydrogen-bond acceptors (Lipinski definition) is 3. The molecule has 0 aliphatic rings. The Kier molecular flexibility index (Phi) is 3.28. The molecule has 0 radical (unpaired) electrons. The van der Waals surface area contributed by atoms with Crippen LogP contribution in [0.25, 0.3) is 11.0 Å². The van der Waals surface area contributed by atoms with E-state index in [9.17, 15) is 5.11 Å². The van der Waals surface area contributed by atoms with Gasteiger partial charge >= 0.3 is 0 Å². The third kappa shape index (κ3) is 2.21. The van der Waals surface area contributed by atoms with Crippen LogP contribution in [-0.2, 0) is 13.5 Å². The number of aryl methyl sites for hydroxylation is 2. The minimum absolute atomic E-state index is 0.371. The molecule has 4 nitrogen and oxygen atoms in total. The third-order valence-corrected chi connectivity index (χ3v) is 3.91. The zero-order valence-corrected chi connectivity index (χ0v) is 12.1. The second-order valence-corrected chi connectivity index (χ2v) is 5.25. The fraction of sp³-hybridized carbons (Fsp3) is 0.267. The van der Waals surface area contributed by atoms with E-state index < -0.39 is 6.10 Å². The van der Waals surface area contributed by atoms with Crippen molar-refractivity contribution in [1.29, 1.82) is 0 Å². The van der Waals surface area contributed by atoms with Crippen molar-refractivity contribution >= 4 is 22.6 Å². The molecule has 0 spiro atoms. The van der Waals surface area contributed by atoms with Gasteiger partial charge in [-0.3, -0.25) is 4.68 Å². The van der Waals surface area contributed by atoms with Crippen LogP contribution in [0.5, 0.6) is 0 Å². The minimum atomic E-state index is -0.741. The van der Waals surface area contributed by atoms with Crippen LogP contribution >= 0.6 is 11.6 Å². The SMILES string of the molecule is Cc1nn(C)c(CC(O)c2cc3ccccc3o2)c1Cl. The van der Waals surface area contributed by atoms with Crippen LogP contribution in [-0.4, -0.2) is 14.9 Å². The van der Waals surface area contributed by atoms with E-state index in [-0.39, 0.29) is 0 Å². The summed E-state index contributed by atoms with van der Waals surface area (Å²) in [6.07, 6.45) is -0.370. The second-order valence-electron chi connectivity index (χ2n) is 4.88. The highest BCUT2D eigenvalue weighted by atomic mass is 35.5. The molecule has 0 aliphatic carbocycles. The molecular weight excluding hydrogens is 276 g/mol. The van der Waals surface area contributed by atoms with E-state index in [0.717, 1.165) is 22.4 Å². The number of aromatic nitrogens is 2. The van der Waals surface area contributed by atoms with Crippen molar-refractivity contribution in [3.63, 3.8) is 0 Å². The molecule has 20 heavy (non-hydrogen) atoms. The molecule has 1 unspecified atom stereocenters. The molecule has 3 rings (SSSR count). The minimum Gasteiger partial charge on any atom is -0.458 e. The predicted octanol–water partition coefficient (Wildman–Crippen LogP) is 3.40. The number of rotatable bonds is 3. The standard InChI is InChI=1S/C15H15ClN2O2/c1-9-15(16)11(18(2)17-9)8-12(19)14-7-10-5-3-4-6-13(10)20-14/h3-7,12,19H,8H2,1-2H3. The molecule has 0 amide bonds. The summed E-state index contributed by atoms with van der Waals surface area (Å²) in [6.45, 7) is 1.85. The number of fused-ring (bicyclic) bond motifs is 1. The molecule has 1 atom stereocenters. The maximum Gasteiger partial charge on any atom is 0.134 e. The summed E-state index contributed by atoms with van der Waals surface area (Å²) in [5.74, 6) is 0.543. The first-order valence-electron chi connectivity index (χ1n) is 6.41. The number of para-hydroxylation sites is 1. The van der Waals surface area contributed by atoms with Crippen LogP contribution in [0.2, 0.25) is 5.02 Å². The van der Waals surface area contributed by atoms with Gasteiger partial charge in [0.05, 0.1) is 16.4 Å². The molecule has 0 saturated heterocycles. The van der Waals surface area contributed by atoms with Crippen molar-refractivity contribution in [2.24, 2.45) is 7.05 Å². The molecule has 3 aromatic rings. The molecule has 0 aliphatic heterocycles. The van der Waals surface area contributed by atoms with Crippen LogP contribution in [0, 0.1) is 6.92 Å². The maximum absolute atomic E-state index is 10.3. The number of furan rings is 1. The molecule has 1 aromatic carbocycles. The lowest BCUT2D eigenvalue weighted by Gasteiger charge is -2.08. The Labute approximate surface area is 121 Å². The van der Waals surface area contributed by atoms with E-state index in [1.165, 1.54) is 0 Å². The summed E-state index contributed by atoms with van der Waals surface area (Å²) in [4.78, 5) is 0. The summed E-state index contributed by atoms with van der Waals surface area (Å²) in [5.41, 5.74) is 2.34. The zero-order chi connectivity index (χ0) is 14.3. The first-order valence-corrected chi connectivity index (χ1v) is 6.78. The smallest absolute Gasteiger partial charge is 0.134 e. The molecule has 2 heterocycles. The Morgan fingerprint density at radius 2 is 2.15 bits per heavy atom. The van der Waals surface area contributed by atoms with Gasteiger partial charge in [0, 0.05) is 18.9 Å². The Balaban J connectivity index is 1.90. The number of benzene rings is 1. The van der Waals surface area contributed by atoms with Crippen LogP contribution in [0.4, 0.5) is 0 Å². The predicted molar refractivity (Wildman–Crippen MR) is 77.8 cm³/mol. The van der Waals surface area contributed by atoms with Gasteiger partial charge in [-0.25, -0.2) is 0 Å². The highest BCUT2D eigenvalue weighted by Crippen LogP contribution is 2.28. The first-order chi connectivity index (χ1) is 9.56.